The maximum Gasteiger partial charge on any atom is 0.323 e. The van der Waals surface area contributed by atoms with Gasteiger partial charge in [-0.15, -0.1) is 0 Å². The molecular formula is C9H19NO2S. The molecule has 0 heterocycles. The van der Waals surface area contributed by atoms with Gasteiger partial charge in [0.25, 0.3) is 0 Å². The van der Waals surface area contributed by atoms with Gasteiger partial charge in [0.1, 0.15) is 6.04 Å². The van der Waals surface area contributed by atoms with Gasteiger partial charge in [-0.05, 0) is 12.2 Å². The SMILES string of the molecule is CCC(C)COC(=O)C(N)CSC. The molecule has 0 aliphatic rings. The molecule has 0 aromatic carbocycles. The molecule has 0 saturated heterocycles. The summed E-state index contributed by atoms with van der Waals surface area (Å²) in [6, 6.07) is -0.473. The van der Waals surface area contributed by atoms with E-state index in [4.69, 9.17) is 10.5 Å². The van der Waals surface area contributed by atoms with Crippen LogP contribution in [0.1, 0.15) is 20.3 Å². The molecule has 0 bridgehead atoms. The van der Waals surface area contributed by atoms with Crippen LogP contribution in [0.4, 0.5) is 0 Å². The van der Waals surface area contributed by atoms with E-state index in [1.807, 2.05) is 13.2 Å². The molecule has 13 heavy (non-hydrogen) atoms. The number of ether oxygens (including phenoxy) is 1. The first-order valence-electron chi connectivity index (χ1n) is 4.53. The van der Waals surface area contributed by atoms with Crippen molar-refractivity contribution in [1.82, 2.24) is 0 Å². The lowest BCUT2D eigenvalue weighted by Crippen LogP contribution is -2.35. The van der Waals surface area contributed by atoms with E-state index < -0.39 is 6.04 Å². The zero-order chi connectivity index (χ0) is 10.3. The van der Waals surface area contributed by atoms with E-state index in [2.05, 4.69) is 6.92 Å². The van der Waals surface area contributed by atoms with Gasteiger partial charge >= 0.3 is 5.97 Å². The molecule has 0 fully saturated rings. The number of hydrogen-bond donors (Lipinski definition) is 1. The van der Waals surface area contributed by atoms with Gasteiger partial charge in [-0.25, -0.2) is 0 Å². The van der Waals surface area contributed by atoms with Crippen molar-refractivity contribution in [3.63, 3.8) is 0 Å². The molecule has 0 aliphatic heterocycles. The summed E-state index contributed by atoms with van der Waals surface area (Å²) in [5.74, 6) is 0.763. The summed E-state index contributed by atoms with van der Waals surface area (Å²) in [5.41, 5.74) is 5.56. The molecule has 0 amide bonds. The van der Waals surface area contributed by atoms with Crippen LogP contribution in [0.2, 0.25) is 0 Å². The minimum Gasteiger partial charge on any atom is -0.464 e. The Labute approximate surface area is 84.4 Å². The maximum absolute atomic E-state index is 11.2. The molecule has 0 spiro atoms. The van der Waals surface area contributed by atoms with E-state index >= 15 is 0 Å². The summed E-state index contributed by atoms with van der Waals surface area (Å²) in [4.78, 5) is 11.2. The second-order valence-corrected chi connectivity index (χ2v) is 4.12. The van der Waals surface area contributed by atoms with Crippen LogP contribution in [-0.4, -0.2) is 30.6 Å². The second kappa shape index (κ2) is 7.21. The smallest absolute Gasteiger partial charge is 0.323 e. The molecule has 0 aliphatic carbocycles. The van der Waals surface area contributed by atoms with E-state index in [0.29, 0.717) is 18.3 Å². The minimum atomic E-state index is -0.473. The summed E-state index contributed by atoms with van der Waals surface area (Å²) in [5, 5.41) is 0. The van der Waals surface area contributed by atoms with Gasteiger partial charge in [0, 0.05) is 5.75 Å². The Kier molecular flexibility index (Phi) is 7.09. The van der Waals surface area contributed by atoms with E-state index in [1.54, 1.807) is 11.8 Å². The van der Waals surface area contributed by atoms with Crippen LogP contribution in [0, 0.1) is 5.92 Å². The molecule has 4 heteroatoms. The third-order valence-electron chi connectivity index (χ3n) is 1.86. The molecule has 78 valence electrons. The number of hydrogen-bond acceptors (Lipinski definition) is 4. The number of thioether (sulfide) groups is 1. The molecule has 0 radical (unpaired) electrons. The van der Waals surface area contributed by atoms with E-state index in [-0.39, 0.29) is 5.97 Å². The van der Waals surface area contributed by atoms with E-state index in [9.17, 15) is 4.79 Å². The van der Waals surface area contributed by atoms with Crippen molar-refractivity contribution in [3.8, 4) is 0 Å². The largest absolute Gasteiger partial charge is 0.464 e. The normalized spacial score (nSPS) is 15.1. The summed E-state index contributed by atoms with van der Waals surface area (Å²) < 4.78 is 5.03. The van der Waals surface area contributed by atoms with Crippen LogP contribution in [-0.2, 0) is 9.53 Å². The van der Waals surface area contributed by atoms with Gasteiger partial charge < -0.3 is 10.5 Å². The standard InChI is InChI=1S/C9H19NO2S/c1-4-7(2)5-12-9(11)8(10)6-13-3/h7-8H,4-6,10H2,1-3H3. The third kappa shape index (κ3) is 5.93. The molecule has 3 nitrogen and oxygen atoms in total. The highest BCUT2D eigenvalue weighted by atomic mass is 32.2. The van der Waals surface area contributed by atoms with Gasteiger partial charge in [0.15, 0.2) is 0 Å². The number of rotatable bonds is 6. The first kappa shape index (κ1) is 12.8. The van der Waals surface area contributed by atoms with Crippen LogP contribution in [0.15, 0.2) is 0 Å². The fourth-order valence-electron chi connectivity index (χ4n) is 0.697. The van der Waals surface area contributed by atoms with Gasteiger partial charge in [-0.2, -0.15) is 11.8 Å². The van der Waals surface area contributed by atoms with Crippen molar-refractivity contribution in [3.05, 3.63) is 0 Å². The zero-order valence-corrected chi connectivity index (χ0v) is 9.39. The summed E-state index contributed by atoms with van der Waals surface area (Å²) in [6.07, 6.45) is 2.94. The number of esters is 1. The van der Waals surface area contributed by atoms with Gasteiger partial charge in [0.05, 0.1) is 6.61 Å². The Balaban J connectivity index is 3.61. The topological polar surface area (TPSA) is 52.3 Å². The lowest BCUT2D eigenvalue weighted by atomic mass is 10.1. The molecular weight excluding hydrogens is 186 g/mol. The predicted molar refractivity (Wildman–Crippen MR) is 56.8 cm³/mol. The van der Waals surface area contributed by atoms with Gasteiger partial charge in [-0.1, -0.05) is 20.3 Å². The van der Waals surface area contributed by atoms with Gasteiger partial charge in [0.2, 0.25) is 0 Å². The monoisotopic (exact) mass is 205 g/mol. The van der Waals surface area contributed by atoms with E-state index in [1.165, 1.54) is 0 Å². The second-order valence-electron chi connectivity index (χ2n) is 3.21. The third-order valence-corrected chi connectivity index (χ3v) is 2.55. The summed E-state index contributed by atoms with van der Waals surface area (Å²) in [7, 11) is 0. The van der Waals surface area contributed by atoms with Crippen molar-refractivity contribution >= 4 is 17.7 Å². The van der Waals surface area contributed by atoms with Crippen molar-refractivity contribution in [2.24, 2.45) is 11.7 Å². The Bertz CT molecular complexity index is 153. The highest BCUT2D eigenvalue weighted by molar-refractivity contribution is 7.98. The van der Waals surface area contributed by atoms with Crippen LogP contribution in [0.5, 0.6) is 0 Å². The van der Waals surface area contributed by atoms with Crippen LogP contribution in [0.3, 0.4) is 0 Å². The molecule has 0 rings (SSSR count). The number of carbonyl (C=O) groups is 1. The lowest BCUT2D eigenvalue weighted by molar-refractivity contribution is -0.145. The first-order chi connectivity index (χ1) is 6.11. The lowest BCUT2D eigenvalue weighted by Gasteiger charge is -2.12. The molecule has 2 atom stereocenters. The summed E-state index contributed by atoms with van der Waals surface area (Å²) >= 11 is 1.55. The number of carbonyl (C=O) groups excluding carboxylic acids is 1. The molecule has 2 N–H and O–H groups in total. The molecule has 0 aromatic rings. The van der Waals surface area contributed by atoms with Crippen LogP contribution >= 0.6 is 11.8 Å². The van der Waals surface area contributed by atoms with Crippen LogP contribution in [0.25, 0.3) is 0 Å². The number of nitrogens with two attached hydrogens (primary N) is 1. The maximum atomic E-state index is 11.2. The molecule has 0 saturated carbocycles. The van der Waals surface area contributed by atoms with Crippen molar-refractivity contribution < 1.29 is 9.53 Å². The Morgan fingerprint density at radius 3 is 2.69 bits per heavy atom. The molecule has 2 unspecified atom stereocenters. The van der Waals surface area contributed by atoms with Crippen molar-refractivity contribution in [1.29, 1.82) is 0 Å². The fourth-order valence-corrected chi connectivity index (χ4v) is 1.19. The quantitative estimate of drug-likeness (QED) is 0.663. The van der Waals surface area contributed by atoms with Gasteiger partial charge in [-0.3, -0.25) is 4.79 Å². The minimum absolute atomic E-state index is 0.283. The zero-order valence-electron chi connectivity index (χ0n) is 8.58. The highest BCUT2D eigenvalue weighted by Crippen LogP contribution is 2.03. The average molecular weight is 205 g/mol. The van der Waals surface area contributed by atoms with Crippen molar-refractivity contribution in [2.45, 2.75) is 26.3 Å². The Morgan fingerprint density at radius 2 is 2.23 bits per heavy atom. The predicted octanol–water partition coefficient (Wildman–Crippen LogP) is 1.27. The highest BCUT2D eigenvalue weighted by Gasteiger charge is 2.14. The first-order valence-corrected chi connectivity index (χ1v) is 5.92. The average Bonchev–Trinajstić information content (AvgIpc) is 2.13. The van der Waals surface area contributed by atoms with Crippen molar-refractivity contribution in [2.75, 3.05) is 18.6 Å². The Morgan fingerprint density at radius 1 is 1.62 bits per heavy atom. The molecule has 0 aromatic heterocycles. The fraction of sp³-hybridized carbons (Fsp3) is 0.889. The van der Waals surface area contributed by atoms with Crippen LogP contribution < -0.4 is 5.73 Å². The Hall–Kier alpha value is -0.220. The van der Waals surface area contributed by atoms with E-state index in [0.717, 1.165) is 6.42 Å². The summed E-state index contributed by atoms with van der Waals surface area (Å²) in [6.45, 7) is 4.60.